The fourth-order valence-electron chi connectivity index (χ4n) is 1.44. The lowest BCUT2D eigenvalue weighted by Crippen LogP contribution is -2.49. The van der Waals surface area contributed by atoms with Crippen LogP contribution in [-0.2, 0) is 9.53 Å². The van der Waals surface area contributed by atoms with Gasteiger partial charge in [-0.2, -0.15) is 0 Å². The van der Waals surface area contributed by atoms with Crippen molar-refractivity contribution in [1.29, 1.82) is 0 Å². The molecule has 0 saturated carbocycles. The van der Waals surface area contributed by atoms with Crippen LogP contribution in [-0.4, -0.2) is 19.1 Å². The molecule has 1 heterocycles. The zero-order valence-electron chi connectivity index (χ0n) is 8.62. The maximum Gasteiger partial charge on any atom is 0.234 e. The lowest BCUT2D eigenvalue weighted by Gasteiger charge is -2.36. The topological polar surface area (TPSA) is 64.4 Å². The fraction of sp³-hybridized carbons (Fsp3) is 0.364. The zero-order valence-corrected chi connectivity index (χ0v) is 8.62. The molecule has 80 valence electrons. The maximum atomic E-state index is 11.8. The number of anilines is 2. The molecule has 3 N–H and O–H groups in total. The molecular formula is C11H14N2O2. The first kappa shape index (κ1) is 9.98. The van der Waals surface area contributed by atoms with Crippen LogP contribution in [0, 0.1) is 5.41 Å². The van der Waals surface area contributed by atoms with Crippen molar-refractivity contribution >= 4 is 17.3 Å². The smallest absolute Gasteiger partial charge is 0.234 e. The number of carbonyl (C=O) groups excluding carboxylic acids is 1. The molecule has 0 aliphatic carbocycles. The summed E-state index contributed by atoms with van der Waals surface area (Å²) in [5, 5.41) is 2.83. The van der Waals surface area contributed by atoms with E-state index in [9.17, 15) is 4.79 Å². The molecule has 0 aromatic heterocycles. The van der Waals surface area contributed by atoms with E-state index in [0.717, 1.165) is 5.69 Å². The molecule has 4 nitrogen and oxygen atoms in total. The number of hydrogen-bond donors (Lipinski definition) is 2. The highest BCUT2D eigenvalue weighted by atomic mass is 16.5. The molecule has 4 heteroatoms. The van der Waals surface area contributed by atoms with E-state index in [-0.39, 0.29) is 11.3 Å². The Morgan fingerprint density at radius 3 is 2.80 bits per heavy atom. The molecule has 1 saturated heterocycles. The summed E-state index contributed by atoms with van der Waals surface area (Å²) in [5.74, 6) is -0.0145. The predicted octanol–water partition coefficient (Wildman–Crippen LogP) is 1.24. The maximum absolute atomic E-state index is 11.8. The minimum absolute atomic E-state index is 0.0145. The predicted molar refractivity (Wildman–Crippen MR) is 58.4 cm³/mol. The Balaban J connectivity index is 2.06. The Kier molecular flexibility index (Phi) is 2.36. The Hall–Kier alpha value is -1.55. The lowest BCUT2D eigenvalue weighted by molar-refractivity contribution is -0.151. The summed E-state index contributed by atoms with van der Waals surface area (Å²) < 4.78 is 5.03. The SMILES string of the molecule is CC1(C(=O)Nc2cccc(N)c2)COC1. The van der Waals surface area contributed by atoms with Crippen molar-refractivity contribution in [2.75, 3.05) is 24.3 Å². The number of nitrogens with one attached hydrogen (secondary N) is 1. The van der Waals surface area contributed by atoms with Gasteiger partial charge in [0.25, 0.3) is 0 Å². The van der Waals surface area contributed by atoms with E-state index in [1.807, 2.05) is 19.1 Å². The fourth-order valence-corrected chi connectivity index (χ4v) is 1.44. The van der Waals surface area contributed by atoms with Crippen molar-refractivity contribution in [1.82, 2.24) is 0 Å². The summed E-state index contributed by atoms with van der Waals surface area (Å²) in [4.78, 5) is 11.8. The van der Waals surface area contributed by atoms with Gasteiger partial charge in [0.2, 0.25) is 5.91 Å². The first-order chi connectivity index (χ1) is 7.10. The molecule has 1 amide bonds. The normalized spacial score (nSPS) is 17.9. The number of rotatable bonds is 2. The van der Waals surface area contributed by atoms with E-state index < -0.39 is 0 Å². The van der Waals surface area contributed by atoms with E-state index in [4.69, 9.17) is 10.5 Å². The van der Waals surface area contributed by atoms with Gasteiger partial charge in [0.15, 0.2) is 0 Å². The van der Waals surface area contributed by atoms with Gasteiger partial charge in [0, 0.05) is 11.4 Å². The van der Waals surface area contributed by atoms with Crippen molar-refractivity contribution in [2.45, 2.75) is 6.92 Å². The third kappa shape index (κ3) is 1.94. The van der Waals surface area contributed by atoms with Gasteiger partial charge >= 0.3 is 0 Å². The van der Waals surface area contributed by atoms with Gasteiger partial charge in [0.1, 0.15) is 0 Å². The van der Waals surface area contributed by atoms with Crippen molar-refractivity contribution in [3.63, 3.8) is 0 Å². The van der Waals surface area contributed by atoms with Crippen LogP contribution in [0.1, 0.15) is 6.92 Å². The molecule has 0 radical (unpaired) electrons. The number of carbonyl (C=O) groups is 1. The minimum atomic E-state index is -0.384. The second-order valence-corrected chi connectivity index (χ2v) is 4.13. The average Bonchev–Trinajstić information content (AvgIpc) is 2.14. The summed E-state index contributed by atoms with van der Waals surface area (Å²) in [6.45, 7) is 2.86. The minimum Gasteiger partial charge on any atom is -0.399 e. The van der Waals surface area contributed by atoms with Gasteiger partial charge in [-0.05, 0) is 25.1 Å². The summed E-state index contributed by atoms with van der Waals surface area (Å²) in [6.07, 6.45) is 0. The Labute approximate surface area is 88.4 Å². The number of benzene rings is 1. The first-order valence-electron chi connectivity index (χ1n) is 4.85. The van der Waals surface area contributed by atoms with Gasteiger partial charge in [-0.1, -0.05) is 6.07 Å². The summed E-state index contributed by atoms with van der Waals surface area (Å²) in [6, 6.07) is 7.15. The van der Waals surface area contributed by atoms with Crippen LogP contribution in [0.4, 0.5) is 11.4 Å². The quantitative estimate of drug-likeness (QED) is 0.715. The van der Waals surface area contributed by atoms with Crippen molar-refractivity contribution in [2.24, 2.45) is 5.41 Å². The van der Waals surface area contributed by atoms with Crippen LogP contribution in [0.2, 0.25) is 0 Å². The monoisotopic (exact) mass is 206 g/mol. The number of amides is 1. The number of nitrogen functional groups attached to an aromatic ring is 1. The van der Waals surface area contributed by atoms with Gasteiger partial charge in [-0.3, -0.25) is 4.79 Å². The molecule has 1 aromatic rings. The third-order valence-corrected chi connectivity index (χ3v) is 2.53. The molecule has 1 aliphatic heterocycles. The van der Waals surface area contributed by atoms with E-state index in [2.05, 4.69) is 5.32 Å². The van der Waals surface area contributed by atoms with E-state index in [1.54, 1.807) is 12.1 Å². The Bertz CT molecular complexity index is 386. The molecular weight excluding hydrogens is 192 g/mol. The number of ether oxygens (including phenoxy) is 1. The molecule has 1 aromatic carbocycles. The molecule has 1 fully saturated rings. The Morgan fingerprint density at radius 1 is 1.53 bits per heavy atom. The second-order valence-electron chi connectivity index (χ2n) is 4.13. The van der Waals surface area contributed by atoms with Crippen LogP contribution in [0.3, 0.4) is 0 Å². The van der Waals surface area contributed by atoms with Gasteiger partial charge in [-0.25, -0.2) is 0 Å². The van der Waals surface area contributed by atoms with Crippen LogP contribution in [0.25, 0.3) is 0 Å². The average molecular weight is 206 g/mol. The zero-order chi connectivity index (χ0) is 10.9. The highest BCUT2D eigenvalue weighted by Crippen LogP contribution is 2.28. The number of nitrogens with two attached hydrogens (primary N) is 1. The van der Waals surface area contributed by atoms with Crippen LogP contribution in [0.15, 0.2) is 24.3 Å². The molecule has 0 bridgehead atoms. The van der Waals surface area contributed by atoms with Crippen LogP contribution in [0.5, 0.6) is 0 Å². The van der Waals surface area contributed by atoms with E-state index in [0.29, 0.717) is 18.9 Å². The summed E-state index contributed by atoms with van der Waals surface area (Å²) in [5.41, 5.74) is 6.60. The first-order valence-corrected chi connectivity index (χ1v) is 4.85. The molecule has 15 heavy (non-hydrogen) atoms. The highest BCUT2D eigenvalue weighted by Gasteiger charge is 2.40. The lowest BCUT2D eigenvalue weighted by atomic mass is 9.87. The van der Waals surface area contributed by atoms with E-state index >= 15 is 0 Å². The Morgan fingerprint density at radius 2 is 2.27 bits per heavy atom. The van der Waals surface area contributed by atoms with Crippen molar-refractivity contribution in [3.8, 4) is 0 Å². The molecule has 0 atom stereocenters. The van der Waals surface area contributed by atoms with Crippen LogP contribution < -0.4 is 11.1 Å². The van der Waals surface area contributed by atoms with E-state index in [1.165, 1.54) is 0 Å². The van der Waals surface area contributed by atoms with Crippen LogP contribution >= 0.6 is 0 Å². The van der Waals surface area contributed by atoms with Gasteiger partial charge in [-0.15, -0.1) is 0 Å². The largest absolute Gasteiger partial charge is 0.399 e. The molecule has 1 aliphatic rings. The van der Waals surface area contributed by atoms with Crippen molar-refractivity contribution < 1.29 is 9.53 Å². The van der Waals surface area contributed by atoms with Gasteiger partial charge in [0.05, 0.1) is 18.6 Å². The standard InChI is InChI=1S/C11H14N2O2/c1-11(6-15-7-11)10(14)13-9-4-2-3-8(12)5-9/h2-5H,6-7,12H2,1H3,(H,13,14). The molecule has 0 unspecified atom stereocenters. The highest BCUT2D eigenvalue weighted by molar-refractivity contribution is 5.96. The summed E-state index contributed by atoms with van der Waals surface area (Å²) in [7, 11) is 0. The summed E-state index contributed by atoms with van der Waals surface area (Å²) >= 11 is 0. The second kappa shape index (κ2) is 3.55. The van der Waals surface area contributed by atoms with Crippen molar-refractivity contribution in [3.05, 3.63) is 24.3 Å². The molecule has 2 rings (SSSR count). The third-order valence-electron chi connectivity index (χ3n) is 2.53. The van der Waals surface area contributed by atoms with Gasteiger partial charge < -0.3 is 15.8 Å². The number of hydrogen-bond acceptors (Lipinski definition) is 3. The molecule has 0 spiro atoms.